The Hall–Kier alpha value is -1.51. The minimum absolute atomic E-state index is 0.499. The molecular weight excluding hydrogens is 459 g/mol. The monoisotopic (exact) mass is 472 g/mol. The predicted octanol–water partition coefficient (Wildman–Crippen LogP) is 5.83. The second-order valence-electron chi connectivity index (χ2n) is 4.86. The molecule has 0 aliphatic carbocycles. The normalized spacial score (nSPS) is 10.5. The second kappa shape index (κ2) is 7.58. The van der Waals surface area contributed by atoms with Gasteiger partial charge in [-0.25, -0.2) is 4.98 Å². The molecule has 0 atom stereocenters. The fraction of sp³-hybridized carbons (Fsp3) is 0.118. The Balaban J connectivity index is 1.88. The summed E-state index contributed by atoms with van der Waals surface area (Å²) >= 11 is 9.95. The van der Waals surface area contributed by atoms with E-state index in [0.29, 0.717) is 16.5 Å². The third-order valence-electron chi connectivity index (χ3n) is 3.36. The van der Waals surface area contributed by atoms with Crippen molar-refractivity contribution in [2.75, 3.05) is 19.5 Å². The molecule has 3 rings (SSSR count). The molecule has 24 heavy (non-hydrogen) atoms. The van der Waals surface area contributed by atoms with Gasteiger partial charge in [-0.2, -0.15) is 0 Å². The first-order valence-electron chi connectivity index (χ1n) is 7.00. The SMILES string of the molecule is COc1cc(Nc2nc(-c3ccc(I)cc3)cs2)c(OC)cc1Cl. The van der Waals surface area contributed by atoms with Crippen LogP contribution >= 0.6 is 45.5 Å². The van der Waals surface area contributed by atoms with Crippen LogP contribution < -0.4 is 14.8 Å². The Bertz CT molecular complexity index is 852. The molecule has 0 aliphatic heterocycles. The van der Waals surface area contributed by atoms with E-state index in [4.69, 9.17) is 21.1 Å². The van der Waals surface area contributed by atoms with Crippen molar-refractivity contribution in [3.63, 3.8) is 0 Å². The summed E-state index contributed by atoms with van der Waals surface area (Å²) in [5.41, 5.74) is 2.77. The van der Waals surface area contributed by atoms with Crippen LogP contribution in [0, 0.1) is 3.57 Å². The maximum Gasteiger partial charge on any atom is 0.187 e. The highest BCUT2D eigenvalue weighted by Gasteiger charge is 2.12. The summed E-state index contributed by atoms with van der Waals surface area (Å²) in [4.78, 5) is 4.63. The lowest BCUT2D eigenvalue weighted by Crippen LogP contribution is -1.96. The van der Waals surface area contributed by atoms with Crippen molar-refractivity contribution in [3.8, 4) is 22.8 Å². The van der Waals surface area contributed by atoms with E-state index in [2.05, 4.69) is 57.2 Å². The highest BCUT2D eigenvalue weighted by atomic mass is 127. The number of nitrogens with zero attached hydrogens (tertiary/aromatic N) is 1. The summed E-state index contributed by atoms with van der Waals surface area (Å²) in [5, 5.41) is 6.56. The quantitative estimate of drug-likeness (QED) is 0.475. The summed E-state index contributed by atoms with van der Waals surface area (Å²) in [7, 11) is 3.18. The smallest absolute Gasteiger partial charge is 0.187 e. The number of methoxy groups -OCH3 is 2. The third kappa shape index (κ3) is 3.76. The average molecular weight is 473 g/mol. The van der Waals surface area contributed by atoms with Crippen molar-refractivity contribution in [1.82, 2.24) is 4.98 Å². The zero-order valence-corrected chi connectivity index (χ0v) is 16.7. The van der Waals surface area contributed by atoms with E-state index in [1.54, 1.807) is 26.4 Å². The van der Waals surface area contributed by atoms with Gasteiger partial charge in [-0.3, -0.25) is 0 Å². The first-order valence-corrected chi connectivity index (χ1v) is 9.34. The van der Waals surface area contributed by atoms with Gasteiger partial charge in [-0.15, -0.1) is 11.3 Å². The lowest BCUT2D eigenvalue weighted by atomic mass is 10.2. The Morgan fingerprint density at radius 3 is 2.46 bits per heavy atom. The number of aromatic nitrogens is 1. The zero-order chi connectivity index (χ0) is 17.1. The van der Waals surface area contributed by atoms with Crippen LogP contribution in [0.4, 0.5) is 10.8 Å². The van der Waals surface area contributed by atoms with Crippen LogP contribution in [0.5, 0.6) is 11.5 Å². The molecule has 4 nitrogen and oxygen atoms in total. The molecule has 0 radical (unpaired) electrons. The summed E-state index contributed by atoms with van der Waals surface area (Å²) in [5.74, 6) is 1.21. The van der Waals surface area contributed by atoms with E-state index in [0.717, 1.165) is 22.1 Å². The number of halogens is 2. The van der Waals surface area contributed by atoms with Gasteiger partial charge in [-0.05, 0) is 34.7 Å². The van der Waals surface area contributed by atoms with Crippen molar-refractivity contribution in [3.05, 3.63) is 50.4 Å². The van der Waals surface area contributed by atoms with Gasteiger partial charge in [0.25, 0.3) is 0 Å². The molecule has 1 N–H and O–H groups in total. The van der Waals surface area contributed by atoms with Crippen LogP contribution in [-0.4, -0.2) is 19.2 Å². The molecule has 1 heterocycles. The molecule has 0 unspecified atom stereocenters. The highest BCUT2D eigenvalue weighted by Crippen LogP contribution is 2.38. The maximum atomic E-state index is 6.13. The zero-order valence-electron chi connectivity index (χ0n) is 13.0. The molecule has 0 spiro atoms. The van der Waals surface area contributed by atoms with E-state index >= 15 is 0 Å². The molecule has 0 amide bonds. The van der Waals surface area contributed by atoms with E-state index < -0.39 is 0 Å². The number of hydrogen-bond donors (Lipinski definition) is 1. The molecule has 0 saturated heterocycles. The van der Waals surface area contributed by atoms with Crippen LogP contribution in [0.1, 0.15) is 0 Å². The fourth-order valence-corrected chi connectivity index (χ4v) is 3.48. The first kappa shape index (κ1) is 17.3. The van der Waals surface area contributed by atoms with Crippen molar-refractivity contribution in [2.24, 2.45) is 0 Å². The lowest BCUT2D eigenvalue weighted by molar-refractivity contribution is 0.405. The van der Waals surface area contributed by atoms with E-state index in [9.17, 15) is 0 Å². The Kier molecular flexibility index (Phi) is 5.47. The van der Waals surface area contributed by atoms with Gasteiger partial charge in [0.15, 0.2) is 5.13 Å². The number of thiazole rings is 1. The summed E-state index contributed by atoms with van der Waals surface area (Å²) in [6.07, 6.45) is 0. The Labute approximate surface area is 162 Å². The number of hydrogen-bond acceptors (Lipinski definition) is 5. The van der Waals surface area contributed by atoms with Gasteiger partial charge in [-0.1, -0.05) is 23.7 Å². The van der Waals surface area contributed by atoms with Gasteiger partial charge in [0.05, 0.1) is 30.6 Å². The highest BCUT2D eigenvalue weighted by molar-refractivity contribution is 14.1. The third-order valence-corrected chi connectivity index (χ3v) is 5.13. The van der Waals surface area contributed by atoms with E-state index in [1.807, 2.05) is 5.38 Å². The molecule has 0 saturated carbocycles. The van der Waals surface area contributed by atoms with Gasteiger partial charge in [0, 0.05) is 26.6 Å². The van der Waals surface area contributed by atoms with Crippen LogP contribution in [-0.2, 0) is 0 Å². The van der Waals surface area contributed by atoms with Gasteiger partial charge in [0.1, 0.15) is 11.5 Å². The fourth-order valence-electron chi connectivity index (χ4n) is 2.16. The molecule has 3 aromatic rings. The van der Waals surface area contributed by atoms with Crippen LogP contribution in [0.25, 0.3) is 11.3 Å². The van der Waals surface area contributed by atoms with E-state index in [-0.39, 0.29) is 0 Å². The standard InChI is InChI=1S/C17H14ClIN2O2S/c1-22-15-8-13(16(23-2)7-12(15)18)20-17-21-14(9-24-17)10-3-5-11(19)6-4-10/h3-9H,1-2H3,(H,20,21). The Morgan fingerprint density at radius 1 is 1.08 bits per heavy atom. The molecule has 1 aromatic heterocycles. The van der Waals surface area contributed by atoms with Gasteiger partial charge >= 0.3 is 0 Å². The van der Waals surface area contributed by atoms with Crippen LogP contribution in [0.2, 0.25) is 5.02 Å². The second-order valence-corrected chi connectivity index (χ2v) is 7.37. The lowest BCUT2D eigenvalue weighted by Gasteiger charge is -2.12. The largest absolute Gasteiger partial charge is 0.495 e. The number of benzene rings is 2. The van der Waals surface area contributed by atoms with Crippen molar-refractivity contribution < 1.29 is 9.47 Å². The van der Waals surface area contributed by atoms with Crippen molar-refractivity contribution in [1.29, 1.82) is 0 Å². The minimum atomic E-state index is 0.499. The van der Waals surface area contributed by atoms with Crippen LogP contribution in [0.3, 0.4) is 0 Å². The number of nitrogens with one attached hydrogen (secondary N) is 1. The molecule has 2 aromatic carbocycles. The van der Waals surface area contributed by atoms with E-state index in [1.165, 1.54) is 14.9 Å². The molecule has 124 valence electrons. The van der Waals surface area contributed by atoms with Crippen molar-refractivity contribution >= 4 is 56.3 Å². The number of ether oxygens (including phenoxy) is 2. The van der Waals surface area contributed by atoms with Gasteiger partial charge in [0.2, 0.25) is 0 Å². The first-order chi connectivity index (χ1) is 11.6. The summed E-state index contributed by atoms with van der Waals surface area (Å²) in [6.45, 7) is 0. The summed E-state index contributed by atoms with van der Waals surface area (Å²) in [6, 6.07) is 11.8. The topological polar surface area (TPSA) is 43.4 Å². The molecule has 7 heteroatoms. The molecular formula is C17H14ClIN2O2S. The average Bonchev–Trinajstić information content (AvgIpc) is 3.05. The van der Waals surface area contributed by atoms with Gasteiger partial charge < -0.3 is 14.8 Å². The number of anilines is 2. The maximum absolute atomic E-state index is 6.13. The molecule has 0 aliphatic rings. The predicted molar refractivity (Wildman–Crippen MR) is 108 cm³/mol. The van der Waals surface area contributed by atoms with Crippen LogP contribution in [0.15, 0.2) is 41.8 Å². The van der Waals surface area contributed by atoms with Crippen molar-refractivity contribution in [2.45, 2.75) is 0 Å². The Morgan fingerprint density at radius 2 is 1.79 bits per heavy atom. The molecule has 0 bridgehead atoms. The summed E-state index contributed by atoms with van der Waals surface area (Å²) < 4.78 is 11.8. The molecule has 0 fully saturated rings. The minimum Gasteiger partial charge on any atom is -0.495 e. The number of rotatable bonds is 5.